The number of carbonyl (C=O) groups is 2. The molecule has 0 aliphatic rings. The minimum absolute atomic E-state index is 0.0187. The molecule has 1 N–H and O–H groups in total. The second kappa shape index (κ2) is 7.26. The number of rotatable bonds is 6. The Morgan fingerprint density at radius 2 is 2.11 bits per heavy atom. The molecule has 4 nitrogen and oxygen atoms in total. The zero-order valence-electron chi connectivity index (χ0n) is 11.3. The van der Waals surface area contributed by atoms with Crippen LogP contribution in [0.1, 0.15) is 29.3 Å². The van der Waals surface area contributed by atoms with Crippen LogP contribution >= 0.6 is 11.6 Å². The maximum absolute atomic E-state index is 12.3. The number of benzene rings is 1. The van der Waals surface area contributed by atoms with Crippen molar-refractivity contribution >= 4 is 23.4 Å². The van der Waals surface area contributed by atoms with E-state index in [1.165, 1.54) is 7.11 Å². The summed E-state index contributed by atoms with van der Waals surface area (Å²) in [5, 5.41) is 3.61. The van der Waals surface area contributed by atoms with Crippen LogP contribution in [0.15, 0.2) is 18.2 Å². The monoisotopic (exact) mass is 283 g/mol. The van der Waals surface area contributed by atoms with Crippen molar-refractivity contribution in [2.75, 3.05) is 13.7 Å². The van der Waals surface area contributed by atoms with Crippen LogP contribution < -0.4 is 5.32 Å². The van der Waals surface area contributed by atoms with E-state index in [1.807, 2.05) is 13.8 Å². The van der Waals surface area contributed by atoms with Gasteiger partial charge in [0.05, 0.1) is 19.6 Å². The van der Waals surface area contributed by atoms with E-state index in [0.29, 0.717) is 17.1 Å². The lowest BCUT2D eigenvalue weighted by molar-refractivity contribution is -0.140. The SMILES string of the molecule is CCNC(CC(=O)OC)C(=O)c1ccc(Cl)c(C)c1. The van der Waals surface area contributed by atoms with Crippen LogP contribution in [-0.2, 0) is 9.53 Å². The minimum atomic E-state index is -0.571. The van der Waals surface area contributed by atoms with Crippen molar-refractivity contribution < 1.29 is 14.3 Å². The van der Waals surface area contributed by atoms with Gasteiger partial charge in [-0.2, -0.15) is 0 Å². The molecule has 0 radical (unpaired) electrons. The van der Waals surface area contributed by atoms with Crippen LogP contribution in [0.5, 0.6) is 0 Å². The zero-order chi connectivity index (χ0) is 14.4. The smallest absolute Gasteiger partial charge is 0.307 e. The van der Waals surface area contributed by atoms with Gasteiger partial charge in [0.15, 0.2) is 5.78 Å². The van der Waals surface area contributed by atoms with E-state index in [2.05, 4.69) is 10.1 Å². The predicted molar refractivity (Wildman–Crippen MR) is 74.6 cm³/mol. The van der Waals surface area contributed by atoms with Crippen LogP contribution in [0.2, 0.25) is 5.02 Å². The highest BCUT2D eigenvalue weighted by molar-refractivity contribution is 6.31. The fraction of sp³-hybridized carbons (Fsp3) is 0.429. The lowest BCUT2D eigenvalue weighted by Gasteiger charge is -2.16. The number of methoxy groups -OCH3 is 1. The highest BCUT2D eigenvalue weighted by Crippen LogP contribution is 2.18. The Morgan fingerprint density at radius 3 is 2.63 bits per heavy atom. The van der Waals surface area contributed by atoms with Gasteiger partial charge >= 0.3 is 5.97 Å². The van der Waals surface area contributed by atoms with Gasteiger partial charge < -0.3 is 10.1 Å². The second-order valence-corrected chi connectivity index (χ2v) is 4.63. The van der Waals surface area contributed by atoms with Crippen LogP contribution in [0.25, 0.3) is 0 Å². The zero-order valence-corrected chi connectivity index (χ0v) is 12.1. The molecule has 104 valence electrons. The number of hydrogen-bond donors (Lipinski definition) is 1. The first-order valence-electron chi connectivity index (χ1n) is 6.10. The molecule has 19 heavy (non-hydrogen) atoms. The molecular weight excluding hydrogens is 266 g/mol. The average molecular weight is 284 g/mol. The molecule has 0 aromatic heterocycles. The number of nitrogens with one attached hydrogen (secondary N) is 1. The Morgan fingerprint density at radius 1 is 1.42 bits per heavy atom. The molecule has 0 heterocycles. The largest absolute Gasteiger partial charge is 0.469 e. The van der Waals surface area contributed by atoms with Gasteiger partial charge in [0.25, 0.3) is 0 Å². The Bertz CT molecular complexity index is 474. The Hall–Kier alpha value is -1.39. The number of halogens is 1. The maximum atomic E-state index is 12.3. The average Bonchev–Trinajstić information content (AvgIpc) is 2.40. The second-order valence-electron chi connectivity index (χ2n) is 4.22. The highest BCUT2D eigenvalue weighted by Gasteiger charge is 2.22. The lowest BCUT2D eigenvalue weighted by Crippen LogP contribution is -2.38. The number of ether oxygens (including phenoxy) is 1. The summed E-state index contributed by atoms with van der Waals surface area (Å²) in [6, 6.07) is 4.51. The molecule has 0 amide bonds. The number of esters is 1. The normalized spacial score (nSPS) is 12.0. The van der Waals surface area contributed by atoms with E-state index in [-0.39, 0.29) is 12.2 Å². The third-order valence-corrected chi connectivity index (χ3v) is 3.23. The van der Waals surface area contributed by atoms with E-state index in [9.17, 15) is 9.59 Å². The van der Waals surface area contributed by atoms with Gasteiger partial charge in [0, 0.05) is 10.6 Å². The number of ketones is 1. The Labute approximate surface area is 118 Å². The summed E-state index contributed by atoms with van der Waals surface area (Å²) < 4.78 is 4.60. The summed E-state index contributed by atoms with van der Waals surface area (Å²) in [4.78, 5) is 23.7. The lowest BCUT2D eigenvalue weighted by atomic mass is 10.00. The highest BCUT2D eigenvalue weighted by atomic mass is 35.5. The molecule has 0 bridgehead atoms. The number of Topliss-reactive ketones (excluding diaryl/α,β-unsaturated/α-hetero) is 1. The van der Waals surface area contributed by atoms with Crippen molar-refractivity contribution in [3.8, 4) is 0 Å². The third-order valence-electron chi connectivity index (χ3n) is 2.81. The van der Waals surface area contributed by atoms with Gasteiger partial charge in [0.1, 0.15) is 0 Å². The van der Waals surface area contributed by atoms with Crippen molar-refractivity contribution in [1.82, 2.24) is 5.32 Å². The van der Waals surface area contributed by atoms with E-state index >= 15 is 0 Å². The molecule has 0 aliphatic carbocycles. The fourth-order valence-corrected chi connectivity index (χ4v) is 1.87. The van der Waals surface area contributed by atoms with Gasteiger partial charge in [0.2, 0.25) is 0 Å². The summed E-state index contributed by atoms with van der Waals surface area (Å²) in [7, 11) is 1.31. The van der Waals surface area contributed by atoms with Gasteiger partial charge in [-0.15, -0.1) is 0 Å². The molecule has 1 unspecified atom stereocenters. The quantitative estimate of drug-likeness (QED) is 0.643. The Balaban J connectivity index is 2.91. The van der Waals surface area contributed by atoms with Gasteiger partial charge in [-0.05, 0) is 37.2 Å². The van der Waals surface area contributed by atoms with Gasteiger partial charge in [-0.1, -0.05) is 18.5 Å². The molecule has 0 fully saturated rings. The summed E-state index contributed by atoms with van der Waals surface area (Å²) >= 11 is 5.93. The number of likely N-dealkylation sites (N-methyl/N-ethyl adjacent to an activating group) is 1. The molecule has 1 atom stereocenters. The topological polar surface area (TPSA) is 55.4 Å². The molecular formula is C14H18ClNO3. The standard InChI is InChI=1S/C14H18ClNO3/c1-4-16-12(8-13(17)19-3)14(18)10-5-6-11(15)9(2)7-10/h5-7,12,16H,4,8H2,1-3H3. The maximum Gasteiger partial charge on any atom is 0.307 e. The van der Waals surface area contributed by atoms with E-state index in [1.54, 1.807) is 18.2 Å². The molecule has 0 aliphatic heterocycles. The predicted octanol–water partition coefficient (Wildman–Crippen LogP) is 2.37. The molecule has 0 saturated heterocycles. The van der Waals surface area contributed by atoms with Gasteiger partial charge in [-0.25, -0.2) is 0 Å². The van der Waals surface area contributed by atoms with Crippen molar-refractivity contribution in [2.24, 2.45) is 0 Å². The molecule has 1 aromatic carbocycles. The first-order valence-corrected chi connectivity index (χ1v) is 6.48. The van der Waals surface area contributed by atoms with Crippen molar-refractivity contribution in [1.29, 1.82) is 0 Å². The molecule has 5 heteroatoms. The van der Waals surface area contributed by atoms with Gasteiger partial charge in [-0.3, -0.25) is 9.59 Å². The molecule has 0 spiro atoms. The summed E-state index contributed by atoms with van der Waals surface area (Å²) in [6.07, 6.45) is 0.0187. The summed E-state index contributed by atoms with van der Waals surface area (Å²) in [5.41, 5.74) is 1.37. The summed E-state index contributed by atoms with van der Waals surface area (Å²) in [5.74, 6) is -0.544. The van der Waals surface area contributed by atoms with E-state index < -0.39 is 12.0 Å². The van der Waals surface area contributed by atoms with E-state index in [4.69, 9.17) is 11.6 Å². The minimum Gasteiger partial charge on any atom is -0.469 e. The number of aryl methyl sites for hydroxylation is 1. The first-order chi connectivity index (χ1) is 8.99. The molecule has 1 rings (SSSR count). The van der Waals surface area contributed by atoms with Crippen molar-refractivity contribution in [3.63, 3.8) is 0 Å². The number of hydrogen-bond acceptors (Lipinski definition) is 4. The first kappa shape index (κ1) is 15.7. The Kier molecular flexibility index (Phi) is 5.99. The molecule has 0 saturated carbocycles. The van der Waals surface area contributed by atoms with Crippen LogP contribution in [0, 0.1) is 6.92 Å². The number of carbonyl (C=O) groups excluding carboxylic acids is 2. The summed E-state index contributed by atoms with van der Waals surface area (Å²) in [6.45, 7) is 4.31. The fourth-order valence-electron chi connectivity index (χ4n) is 1.75. The van der Waals surface area contributed by atoms with E-state index in [0.717, 1.165) is 5.56 Å². The molecule has 1 aromatic rings. The third kappa shape index (κ3) is 4.33. The van der Waals surface area contributed by atoms with Crippen LogP contribution in [0.3, 0.4) is 0 Å². The van der Waals surface area contributed by atoms with Crippen LogP contribution in [-0.4, -0.2) is 31.4 Å². The van der Waals surface area contributed by atoms with Crippen molar-refractivity contribution in [3.05, 3.63) is 34.3 Å². The van der Waals surface area contributed by atoms with Crippen molar-refractivity contribution in [2.45, 2.75) is 26.3 Å². The van der Waals surface area contributed by atoms with Crippen LogP contribution in [0.4, 0.5) is 0 Å².